The second-order valence-electron chi connectivity index (χ2n) is 3.97. The monoisotopic (exact) mass is 140 g/mol. The van der Waals surface area contributed by atoms with E-state index < -0.39 is 6.29 Å². The summed E-state index contributed by atoms with van der Waals surface area (Å²) in [5, 5.41) is 9.37. The van der Waals surface area contributed by atoms with E-state index in [9.17, 15) is 5.11 Å². The maximum atomic E-state index is 9.37. The Hall–Kier alpha value is -0.0800. The molecule has 3 aliphatic rings. The smallest absolute Gasteiger partial charge is 0.158 e. The largest absolute Gasteiger partial charge is 0.368 e. The third-order valence-electron chi connectivity index (χ3n) is 3.48. The molecule has 3 rings (SSSR count). The first-order valence-corrected chi connectivity index (χ1v) is 4.18. The van der Waals surface area contributed by atoms with Crippen molar-refractivity contribution in [3.63, 3.8) is 0 Å². The standard InChI is InChI=1S/C8H12O2/c9-8-6-2-4-1-5(6)7(3-4)10-8/h4-9H,1-3H2. The van der Waals surface area contributed by atoms with E-state index in [-0.39, 0.29) is 0 Å². The van der Waals surface area contributed by atoms with Crippen LogP contribution in [0, 0.1) is 17.8 Å². The van der Waals surface area contributed by atoms with Crippen molar-refractivity contribution in [1.82, 2.24) is 0 Å². The molecule has 0 spiro atoms. The summed E-state index contributed by atoms with van der Waals surface area (Å²) < 4.78 is 5.39. The quantitative estimate of drug-likeness (QED) is 0.538. The molecule has 1 heterocycles. The van der Waals surface area contributed by atoms with Crippen LogP contribution in [0.4, 0.5) is 0 Å². The van der Waals surface area contributed by atoms with Gasteiger partial charge in [-0.15, -0.1) is 0 Å². The number of fused-ring (bicyclic) bond motifs is 1. The number of hydrogen-bond acceptors (Lipinski definition) is 2. The van der Waals surface area contributed by atoms with Crippen LogP contribution in [-0.2, 0) is 4.74 Å². The molecule has 56 valence electrons. The van der Waals surface area contributed by atoms with Gasteiger partial charge in [0.2, 0.25) is 0 Å². The molecule has 2 nitrogen and oxygen atoms in total. The van der Waals surface area contributed by atoms with Gasteiger partial charge >= 0.3 is 0 Å². The van der Waals surface area contributed by atoms with Crippen LogP contribution in [-0.4, -0.2) is 17.5 Å². The predicted octanol–water partition coefficient (Wildman–Crippen LogP) is 0.750. The van der Waals surface area contributed by atoms with E-state index >= 15 is 0 Å². The topological polar surface area (TPSA) is 29.5 Å². The highest BCUT2D eigenvalue weighted by Gasteiger charge is 2.55. The Morgan fingerprint density at radius 2 is 1.90 bits per heavy atom. The Morgan fingerprint density at radius 1 is 1.10 bits per heavy atom. The van der Waals surface area contributed by atoms with Gasteiger partial charge in [-0.3, -0.25) is 0 Å². The number of hydrogen-bond donors (Lipinski definition) is 1. The number of rotatable bonds is 0. The van der Waals surface area contributed by atoms with E-state index in [2.05, 4.69) is 0 Å². The van der Waals surface area contributed by atoms with E-state index in [0.717, 1.165) is 11.8 Å². The zero-order chi connectivity index (χ0) is 6.72. The minimum absolute atomic E-state index is 0.414. The Kier molecular flexibility index (Phi) is 0.868. The fourth-order valence-corrected chi connectivity index (χ4v) is 3.10. The van der Waals surface area contributed by atoms with Crippen LogP contribution in [0.1, 0.15) is 19.3 Å². The van der Waals surface area contributed by atoms with Gasteiger partial charge in [0.15, 0.2) is 6.29 Å². The molecule has 2 bridgehead atoms. The van der Waals surface area contributed by atoms with Gasteiger partial charge in [0, 0.05) is 5.92 Å². The van der Waals surface area contributed by atoms with Crippen molar-refractivity contribution in [2.75, 3.05) is 0 Å². The average molecular weight is 140 g/mol. The van der Waals surface area contributed by atoms with Crippen LogP contribution >= 0.6 is 0 Å². The molecule has 0 aromatic heterocycles. The minimum Gasteiger partial charge on any atom is -0.368 e. The number of aliphatic hydroxyl groups is 1. The van der Waals surface area contributed by atoms with Crippen LogP contribution in [0.25, 0.3) is 0 Å². The van der Waals surface area contributed by atoms with Crippen LogP contribution in [0.5, 0.6) is 0 Å². The Balaban J connectivity index is 1.98. The van der Waals surface area contributed by atoms with E-state index in [1.807, 2.05) is 0 Å². The third-order valence-corrected chi connectivity index (χ3v) is 3.48. The van der Waals surface area contributed by atoms with Gasteiger partial charge in [0.1, 0.15) is 0 Å². The first-order chi connectivity index (χ1) is 4.84. The molecule has 0 aromatic rings. The highest BCUT2D eigenvalue weighted by atomic mass is 16.6. The summed E-state index contributed by atoms with van der Waals surface area (Å²) in [7, 11) is 0. The molecule has 1 saturated heterocycles. The first-order valence-electron chi connectivity index (χ1n) is 4.18. The van der Waals surface area contributed by atoms with Crippen molar-refractivity contribution in [3.8, 4) is 0 Å². The van der Waals surface area contributed by atoms with Crippen LogP contribution < -0.4 is 0 Å². The van der Waals surface area contributed by atoms with Crippen LogP contribution in [0.2, 0.25) is 0 Å². The van der Waals surface area contributed by atoms with Gasteiger partial charge in [-0.1, -0.05) is 0 Å². The van der Waals surface area contributed by atoms with Crippen molar-refractivity contribution in [3.05, 3.63) is 0 Å². The lowest BCUT2D eigenvalue weighted by molar-refractivity contribution is -0.101. The fourth-order valence-electron chi connectivity index (χ4n) is 3.10. The van der Waals surface area contributed by atoms with Crippen molar-refractivity contribution in [2.24, 2.45) is 17.8 Å². The normalized spacial score (nSPS) is 63.9. The molecule has 0 amide bonds. The molecule has 0 aromatic carbocycles. The molecule has 5 atom stereocenters. The lowest BCUT2D eigenvalue weighted by atomic mass is 9.89. The summed E-state index contributed by atoms with van der Waals surface area (Å²) in [6.45, 7) is 0. The lowest BCUT2D eigenvalue weighted by Crippen LogP contribution is -2.17. The van der Waals surface area contributed by atoms with Gasteiger partial charge < -0.3 is 9.84 Å². The minimum atomic E-state index is -0.414. The highest BCUT2D eigenvalue weighted by molar-refractivity contribution is 5.01. The van der Waals surface area contributed by atoms with Crippen molar-refractivity contribution in [1.29, 1.82) is 0 Å². The lowest BCUT2D eigenvalue weighted by Gasteiger charge is -2.14. The zero-order valence-electron chi connectivity index (χ0n) is 5.86. The van der Waals surface area contributed by atoms with Crippen LogP contribution in [0.3, 0.4) is 0 Å². The van der Waals surface area contributed by atoms with Crippen LogP contribution in [0.15, 0.2) is 0 Å². The molecule has 3 fully saturated rings. The molecule has 1 aliphatic heterocycles. The average Bonchev–Trinajstić information content (AvgIpc) is 2.44. The molecule has 2 heteroatoms. The summed E-state index contributed by atoms with van der Waals surface area (Å²) in [5.74, 6) is 2.11. The molecule has 1 N–H and O–H groups in total. The summed E-state index contributed by atoms with van der Waals surface area (Å²) in [5.41, 5.74) is 0. The van der Waals surface area contributed by atoms with Crippen molar-refractivity contribution in [2.45, 2.75) is 31.7 Å². The summed E-state index contributed by atoms with van der Waals surface area (Å²) in [6.07, 6.45) is 3.79. The third kappa shape index (κ3) is 0.487. The molecule has 5 unspecified atom stereocenters. The van der Waals surface area contributed by atoms with E-state index in [4.69, 9.17) is 4.74 Å². The van der Waals surface area contributed by atoms with Crippen molar-refractivity contribution >= 4 is 0 Å². The van der Waals surface area contributed by atoms with Gasteiger partial charge in [-0.2, -0.15) is 0 Å². The van der Waals surface area contributed by atoms with Crippen molar-refractivity contribution < 1.29 is 9.84 Å². The summed E-state index contributed by atoms with van der Waals surface area (Å²) in [6, 6.07) is 0. The Morgan fingerprint density at radius 3 is 2.50 bits per heavy atom. The highest BCUT2D eigenvalue weighted by Crippen LogP contribution is 2.55. The molecule has 0 radical (unpaired) electrons. The SMILES string of the molecule is OC1OC2CC3CC1C2C3. The number of aliphatic hydroxyl groups excluding tert-OH is 1. The van der Waals surface area contributed by atoms with Gasteiger partial charge in [0.25, 0.3) is 0 Å². The van der Waals surface area contributed by atoms with Gasteiger partial charge in [-0.05, 0) is 31.1 Å². The Bertz CT molecular complexity index is 167. The summed E-state index contributed by atoms with van der Waals surface area (Å²) in [4.78, 5) is 0. The molecule has 10 heavy (non-hydrogen) atoms. The van der Waals surface area contributed by atoms with Gasteiger partial charge in [-0.25, -0.2) is 0 Å². The molecular formula is C8H12O2. The van der Waals surface area contributed by atoms with E-state index in [1.54, 1.807) is 0 Å². The number of ether oxygens (including phenoxy) is 1. The maximum absolute atomic E-state index is 9.37. The Labute approximate surface area is 60.2 Å². The second-order valence-corrected chi connectivity index (χ2v) is 3.97. The van der Waals surface area contributed by atoms with E-state index in [0.29, 0.717) is 12.0 Å². The summed E-state index contributed by atoms with van der Waals surface area (Å²) >= 11 is 0. The zero-order valence-corrected chi connectivity index (χ0v) is 5.86. The van der Waals surface area contributed by atoms with Gasteiger partial charge in [0.05, 0.1) is 6.10 Å². The first kappa shape index (κ1) is 5.56. The molecule has 2 saturated carbocycles. The molecule has 2 aliphatic carbocycles. The molecular weight excluding hydrogens is 128 g/mol. The maximum Gasteiger partial charge on any atom is 0.158 e. The fraction of sp³-hybridized carbons (Fsp3) is 1.00. The second kappa shape index (κ2) is 1.56. The van der Waals surface area contributed by atoms with E-state index in [1.165, 1.54) is 19.3 Å². The predicted molar refractivity (Wildman–Crippen MR) is 35.2 cm³/mol.